The molecule has 0 bridgehead atoms. The number of imidazole rings is 2. The van der Waals surface area contributed by atoms with E-state index in [0.717, 1.165) is 74.5 Å². The number of carbonyl (C=O) groups excluding carboxylic acids is 3. The maximum absolute atomic E-state index is 13.6. The van der Waals surface area contributed by atoms with Gasteiger partial charge in [-0.25, -0.2) is 19.6 Å². The second-order valence-electron chi connectivity index (χ2n) is 14.8. The van der Waals surface area contributed by atoms with E-state index >= 15 is 0 Å². The van der Waals surface area contributed by atoms with Gasteiger partial charge in [0.2, 0.25) is 11.8 Å². The SMILES string of the molecule is COC(=O)NC(C(=O)N1CCCC1c1nc2ccc(-c3ccc(-c4ccc5nc(C6CCCN6C(=O)C(NC(=O)O)C(C)C)[nH]c5c4)s3)cc2[nH]1)C(C)C. The second-order valence-corrected chi connectivity index (χ2v) is 15.9. The fourth-order valence-electron chi connectivity index (χ4n) is 7.66. The molecular weight excluding hydrogens is 709 g/mol. The van der Waals surface area contributed by atoms with Crippen molar-refractivity contribution in [2.24, 2.45) is 11.8 Å². The van der Waals surface area contributed by atoms with E-state index < -0.39 is 24.3 Å². The maximum atomic E-state index is 13.6. The Bertz CT molecular complexity index is 2210. The molecule has 2 fully saturated rings. The topological polar surface area (TPSA) is 186 Å². The van der Waals surface area contributed by atoms with Gasteiger partial charge in [0, 0.05) is 22.8 Å². The molecule has 4 unspecified atom stereocenters. The number of alkyl carbamates (subject to hydrolysis) is 1. The molecule has 0 radical (unpaired) electrons. The number of aromatic nitrogens is 4. The zero-order chi connectivity index (χ0) is 38.3. The number of hydrogen-bond acceptors (Lipinski definition) is 8. The molecule has 3 aromatic heterocycles. The van der Waals surface area contributed by atoms with Crippen LogP contribution in [0.15, 0.2) is 48.5 Å². The third-order valence-corrected chi connectivity index (χ3v) is 11.7. The van der Waals surface area contributed by atoms with E-state index in [1.165, 1.54) is 7.11 Å². The lowest BCUT2D eigenvalue weighted by Crippen LogP contribution is -2.51. The van der Waals surface area contributed by atoms with Crippen LogP contribution in [0.3, 0.4) is 0 Å². The Morgan fingerprint density at radius 1 is 0.759 bits per heavy atom. The van der Waals surface area contributed by atoms with E-state index in [0.29, 0.717) is 18.9 Å². The molecule has 7 rings (SSSR count). The molecule has 0 saturated carbocycles. The van der Waals surface area contributed by atoms with E-state index in [1.54, 1.807) is 16.2 Å². The summed E-state index contributed by atoms with van der Waals surface area (Å²) >= 11 is 1.68. The number of hydrogen-bond donors (Lipinski definition) is 5. The number of aromatic amines is 2. The van der Waals surface area contributed by atoms with E-state index in [2.05, 4.69) is 57.0 Å². The number of amides is 4. The van der Waals surface area contributed by atoms with Gasteiger partial charge in [-0.1, -0.05) is 39.8 Å². The highest BCUT2D eigenvalue weighted by atomic mass is 32.1. The van der Waals surface area contributed by atoms with Gasteiger partial charge in [-0.2, -0.15) is 0 Å². The van der Waals surface area contributed by atoms with E-state index in [4.69, 9.17) is 14.7 Å². The lowest BCUT2D eigenvalue weighted by Gasteiger charge is -2.29. The lowest BCUT2D eigenvalue weighted by atomic mass is 10.0. The molecule has 0 aliphatic carbocycles. The maximum Gasteiger partial charge on any atom is 0.407 e. The van der Waals surface area contributed by atoms with Crippen molar-refractivity contribution in [2.45, 2.75) is 77.5 Å². The Balaban J connectivity index is 1.08. The Morgan fingerprint density at radius 3 is 1.65 bits per heavy atom. The fraction of sp³-hybridized carbons (Fsp3) is 0.436. The van der Waals surface area contributed by atoms with Crippen LogP contribution in [0.25, 0.3) is 42.9 Å². The van der Waals surface area contributed by atoms with Crippen LogP contribution in [0.1, 0.15) is 77.1 Å². The smallest absolute Gasteiger partial charge is 0.407 e. The van der Waals surface area contributed by atoms with E-state index in [-0.39, 0.29) is 35.7 Å². The highest BCUT2D eigenvalue weighted by molar-refractivity contribution is 7.18. The molecular formula is C39H46N8O6S. The largest absolute Gasteiger partial charge is 0.465 e. The summed E-state index contributed by atoms with van der Waals surface area (Å²) < 4.78 is 4.77. The van der Waals surface area contributed by atoms with Gasteiger partial charge in [-0.15, -0.1) is 11.3 Å². The molecule has 14 nitrogen and oxygen atoms in total. The van der Waals surface area contributed by atoms with Crippen molar-refractivity contribution in [1.82, 2.24) is 40.4 Å². The van der Waals surface area contributed by atoms with Crippen molar-refractivity contribution in [3.63, 3.8) is 0 Å². The van der Waals surface area contributed by atoms with Gasteiger partial charge in [0.05, 0.1) is 41.3 Å². The first-order valence-electron chi connectivity index (χ1n) is 18.5. The van der Waals surface area contributed by atoms with Gasteiger partial charge < -0.3 is 40.2 Å². The number of thiophene rings is 1. The molecule has 5 N–H and O–H groups in total. The van der Waals surface area contributed by atoms with Crippen LogP contribution in [-0.4, -0.2) is 91.1 Å². The number of likely N-dealkylation sites (tertiary alicyclic amines) is 2. The van der Waals surface area contributed by atoms with Gasteiger partial charge >= 0.3 is 12.2 Å². The minimum Gasteiger partial charge on any atom is -0.465 e. The Morgan fingerprint density at radius 2 is 1.22 bits per heavy atom. The van der Waals surface area contributed by atoms with Crippen LogP contribution in [0, 0.1) is 11.8 Å². The molecule has 2 saturated heterocycles. The molecule has 2 aromatic carbocycles. The number of ether oxygens (including phenoxy) is 1. The first-order chi connectivity index (χ1) is 25.9. The molecule has 4 amide bonds. The average Bonchev–Trinajstić information content (AvgIpc) is 3.99. The third-order valence-electron chi connectivity index (χ3n) is 10.5. The molecule has 284 valence electrons. The number of benzene rings is 2. The molecule has 4 atom stereocenters. The number of fused-ring (bicyclic) bond motifs is 2. The van der Waals surface area contributed by atoms with Crippen LogP contribution in [-0.2, 0) is 14.3 Å². The van der Waals surface area contributed by atoms with Crippen LogP contribution >= 0.6 is 11.3 Å². The number of H-pyrrole nitrogens is 2. The summed E-state index contributed by atoms with van der Waals surface area (Å²) in [6.07, 6.45) is 1.34. The first-order valence-corrected chi connectivity index (χ1v) is 19.3. The van der Waals surface area contributed by atoms with Crippen molar-refractivity contribution in [3.05, 3.63) is 60.2 Å². The minimum atomic E-state index is -1.21. The number of nitrogens with one attached hydrogen (secondary N) is 4. The van der Waals surface area contributed by atoms with E-state index in [9.17, 15) is 24.3 Å². The van der Waals surface area contributed by atoms with E-state index in [1.807, 2.05) is 44.7 Å². The first kappa shape index (κ1) is 36.9. The number of rotatable bonds is 10. The van der Waals surface area contributed by atoms with Crippen molar-refractivity contribution in [2.75, 3.05) is 20.2 Å². The van der Waals surface area contributed by atoms with Gasteiger partial charge in [0.15, 0.2) is 0 Å². The predicted molar refractivity (Wildman–Crippen MR) is 206 cm³/mol. The van der Waals surface area contributed by atoms with Crippen LogP contribution < -0.4 is 10.6 Å². The van der Waals surface area contributed by atoms with Gasteiger partial charge in [-0.3, -0.25) is 9.59 Å². The number of carbonyl (C=O) groups is 4. The standard InChI is InChI=1S/C39H46N8O6S/c1-20(2)32(44-38(50)51)36(48)46-16-6-8-28(46)34-40-24-12-10-22(18-26(24)42-34)30-14-15-31(54-30)23-11-13-25-27(19-23)43-35(41-25)29-9-7-17-47(29)37(49)33(21(3)4)45-39(52)53-5/h10-15,18-21,28-29,32-33,44H,6-9,16-17H2,1-5H3,(H,40,42)(H,41,43)(H,45,52)(H,50,51). The molecule has 54 heavy (non-hydrogen) atoms. The molecule has 2 aliphatic rings. The quantitative estimate of drug-likeness (QED) is 0.103. The minimum absolute atomic E-state index is 0.112. The Hall–Kier alpha value is -5.44. The molecule has 5 aromatic rings. The van der Waals surface area contributed by atoms with Crippen LogP contribution in [0.4, 0.5) is 9.59 Å². The summed E-state index contributed by atoms with van der Waals surface area (Å²) in [4.78, 5) is 72.9. The lowest BCUT2D eigenvalue weighted by molar-refractivity contribution is -0.136. The average molecular weight is 755 g/mol. The van der Waals surface area contributed by atoms with Gasteiger partial charge in [-0.05, 0) is 85.0 Å². The monoisotopic (exact) mass is 754 g/mol. The summed E-state index contributed by atoms with van der Waals surface area (Å²) in [7, 11) is 1.29. The molecule has 5 heterocycles. The van der Waals surface area contributed by atoms with Gasteiger partial charge in [0.1, 0.15) is 23.7 Å². The summed E-state index contributed by atoms with van der Waals surface area (Å²) in [5.41, 5.74) is 5.45. The Kier molecular flexibility index (Phi) is 10.3. The van der Waals surface area contributed by atoms with Crippen molar-refractivity contribution >= 4 is 57.4 Å². The summed E-state index contributed by atoms with van der Waals surface area (Å²) in [6, 6.07) is 14.5. The predicted octanol–water partition coefficient (Wildman–Crippen LogP) is 6.83. The third kappa shape index (κ3) is 7.24. The Labute approximate surface area is 316 Å². The zero-order valence-electron chi connectivity index (χ0n) is 31.0. The summed E-state index contributed by atoms with van der Waals surface area (Å²) in [6.45, 7) is 8.61. The molecule has 0 spiro atoms. The highest BCUT2D eigenvalue weighted by Gasteiger charge is 2.39. The highest BCUT2D eigenvalue weighted by Crippen LogP contribution is 2.39. The summed E-state index contributed by atoms with van der Waals surface area (Å²) in [5, 5.41) is 14.4. The normalized spacial score (nSPS) is 18.5. The van der Waals surface area contributed by atoms with Gasteiger partial charge in [0.25, 0.3) is 0 Å². The zero-order valence-corrected chi connectivity index (χ0v) is 31.8. The molecule has 15 heteroatoms. The molecule has 2 aliphatic heterocycles. The van der Waals surface area contributed by atoms with Crippen LogP contribution in [0.5, 0.6) is 0 Å². The summed E-state index contributed by atoms with van der Waals surface area (Å²) in [5.74, 6) is 0.758. The number of carboxylic acid groups (broad SMARTS) is 1. The number of nitrogens with zero attached hydrogens (tertiary/aromatic N) is 4. The van der Waals surface area contributed by atoms with Crippen molar-refractivity contribution in [3.8, 4) is 20.9 Å². The van der Waals surface area contributed by atoms with Crippen molar-refractivity contribution in [1.29, 1.82) is 0 Å². The van der Waals surface area contributed by atoms with Crippen LogP contribution in [0.2, 0.25) is 0 Å². The fourth-order valence-corrected chi connectivity index (χ4v) is 8.66. The second kappa shape index (κ2) is 15.1. The number of methoxy groups -OCH3 is 1. The van der Waals surface area contributed by atoms with Crippen molar-refractivity contribution < 1.29 is 29.0 Å².